The van der Waals surface area contributed by atoms with E-state index in [0.717, 1.165) is 24.8 Å². The molecule has 3 aliphatic rings. The summed E-state index contributed by atoms with van der Waals surface area (Å²) in [7, 11) is 0. The molecular formula is C20H25ClN2O4. The molecule has 3 aliphatic heterocycles. The SMILES string of the molecule is Cc1c(Cl)cccc1C(=O)N1CC[C@H]2C[C@@H](C(=O)N3CCCCO3)O[C@@H]2C1. The molecule has 1 aromatic carbocycles. The first-order valence-electron chi connectivity index (χ1n) is 9.68. The number of hydrogen-bond acceptors (Lipinski definition) is 4. The van der Waals surface area contributed by atoms with E-state index in [1.165, 1.54) is 5.06 Å². The zero-order chi connectivity index (χ0) is 19.0. The van der Waals surface area contributed by atoms with Crippen LogP contribution in [-0.2, 0) is 14.4 Å². The Morgan fingerprint density at radius 2 is 2.07 bits per heavy atom. The van der Waals surface area contributed by atoms with Crippen molar-refractivity contribution in [1.82, 2.24) is 9.96 Å². The van der Waals surface area contributed by atoms with Crippen LogP contribution in [-0.4, -0.2) is 60.2 Å². The fraction of sp³-hybridized carbons (Fsp3) is 0.600. The maximum absolute atomic E-state index is 12.9. The number of amides is 2. The summed E-state index contributed by atoms with van der Waals surface area (Å²) in [4.78, 5) is 32.9. The average Bonchev–Trinajstić information content (AvgIpc) is 3.13. The molecule has 7 heteroatoms. The van der Waals surface area contributed by atoms with Crippen LogP contribution < -0.4 is 0 Å². The normalized spacial score (nSPS) is 28.1. The van der Waals surface area contributed by atoms with Crippen molar-refractivity contribution in [2.24, 2.45) is 5.92 Å². The molecule has 6 nitrogen and oxygen atoms in total. The van der Waals surface area contributed by atoms with Crippen molar-refractivity contribution in [2.75, 3.05) is 26.2 Å². The van der Waals surface area contributed by atoms with Crippen molar-refractivity contribution in [1.29, 1.82) is 0 Å². The highest BCUT2D eigenvalue weighted by atomic mass is 35.5. The number of hydrogen-bond donors (Lipinski definition) is 0. The van der Waals surface area contributed by atoms with E-state index < -0.39 is 6.10 Å². The van der Waals surface area contributed by atoms with Crippen LogP contribution in [0, 0.1) is 12.8 Å². The summed E-state index contributed by atoms with van der Waals surface area (Å²) >= 11 is 6.16. The Balaban J connectivity index is 1.40. The summed E-state index contributed by atoms with van der Waals surface area (Å²) < 4.78 is 6.06. The number of carbonyl (C=O) groups is 2. The molecule has 3 fully saturated rings. The molecule has 146 valence electrons. The maximum atomic E-state index is 12.9. The number of carbonyl (C=O) groups excluding carboxylic acids is 2. The Labute approximate surface area is 164 Å². The predicted octanol–water partition coefficient (Wildman–Crippen LogP) is 2.82. The largest absolute Gasteiger partial charge is 0.363 e. The van der Waals surface area contributed by atoms with Gasteiger partial charge in [-0.05, 0) is 56.2 Å². The van der Waals surface area contributed by atoms with Gasteiger partial charge in [0.25, 0.3) is 11.8 Å². The van der Waals surface area contributed by atoms with Gasteiger partial charge in [-0.25, -0.2) is 5.06 Å². The third-order valence-corrected chi connectivity index (χ3v) is 6.27. The number of rotatable bonds is 2. The zero-order valence-electron chi connectivity index (χ0n) is 15.5. The molecular weight excluding hydrogens is 368 g/mol. The summed E-state index contributed by atoms with van der Waals surface area (Å²) in [5.41, 5.74) is 1.43. The van der Waals surface area contributed by atoms with Gasteiger partial charge in [0.2, 0.25) is 0 Å². The van der Waals surface area contributed by atoms with Crippen LogP contribution in [0.2, 0.25) is 5.02 Å². The Morgan fingerprint density at radius 3 is 2.85 bits per heavy atom. The lowest BCUT2D eigenvalue weighted by Crippen LogP contribution is -2.46. The summed E-state index contributed by atoms with van der Waals surface area (Å²) in [6, 6.07) is 5.40. The van der Waals surface area contributed by atoms with Gasteiger partial charge < -0.3 is 9.64 Å². The first-order valence-corrected chi connectivity index (χ1v) is 10.1. The summed E-state index contributed by atoms with van der Waals surface area (Å²) in [5.74, 6) is 0.215. The molecule has 0 aliphatic carbocycles. The second-order valence-electron chi connectivity index (χ2n) is 7.59. The van der Waals surface area contributed by atoms with E-state index in [1.54, 1.807) is 12.1 Å². The van der Waals surface area contributed by atoms with Crippen LogP contribution in [0.5, 0.6) is 0 Å². The quantitative estimate of drug-likeness (QED) is 0.776. The van der Waals surface area contributed by atoms with Crippen molar-refractivity contribution in [3.8, 4) is 0 Å². The number of ether oxygens (including phenoxy) is 1. The smallest absolute Gasteiger partial charge is 0.275 e. The number of nitrogens with zero attached hydrogens (tertiary/aromatic N) is 2. The van der Waals surface area contributed by atoms with Crippen LogP contribution in [0.3, 0.4) is 0 Å². The van der Waals surface area contributed by atoms with Gasteiger partial charge in [-0.3, -0.25) is 14.4 Å². The highest BCUT2D eigenvalue weighted by molar-refractivity contribution is 6.31. The van der Waals surface area contributed by atoms with Gasteiger partial charge in [-0.1, -0.05) is 17.7 Å². The monoisotopic (exact) mass is 392 g/mol. The molecule has 3 saturated heterocycles. The number of halogens is 1. The molecule has 0 spiro atoms. The maximum Gasteiger partial charge on any atom is 0.275 e. The first kappa shape index (κ1) is 18.7. The topological polar surface area (TPSA) is 59.1 Å². The van der Waals surface area contributed by atoms with Crippen molar-refractivity contribution in [3.63, 3.8) is 0 Å². The van der Waals surface area contributed by atoms with E-state index in [2.05, 4.69) is 0 Å². The number of likely N-dealkylation sites (tertiary alicyclic amines) is 1. The average molecular weight is 393 g/mol. The highest BCUT2D eigenvalue weighted by Gasteiger charge is 2.44. The summed E-state index contributed by atoms with van der Waals surface area (Å²) in [6.07, 6.45) is 2.96. The van der Waals surface area contributed by atoms with Gasteiger partial charge in [0, 0.05) is 30.2 Å². The summed E-state index contributed by atoms with van der Waals surface area (Å²) in [5, 5.41) is 2.06. The van der Waals surface area contributed by atoms with Gasteiger partial charge >= 0.3 is 0 Å². The lowest BCUT2D eigenvalue weighted by atomic mass is 9.91. The Bertz CT molecular complexity index is 735. The van der Waals surface area contributed by atoms with Gasteiger partial charge in [0.05, 0.1) is 12.7 Å². The molecule has 3 heterocycles. The third-order valence-electron chi connectivity index (χ3n) is 5.86. The van der Waals surface area contributed by atoms with E-state index in [-0.39, 0.29) is 17.9 Å². The van der Waals surface area contributed by atoms with Gasteiger partial charge in [0.15, 0.2) is 0 Å². The van der Waals surface area contributed by atoms with E-state index in [9.17, 15) is 9.59 Å². The molecule has 0 bridgehead atoms. The molecule has 0 aromatic heterocycles. The lowest BCUT2D eigenvalue weighted by molar-refractivity contribution is -0.206. The van der Waals surface area contributed by atoms with Crippen LogP contribution in [0.15, 0.2) is 18.2 Å². The fourth-order valence-corrected chi connectivity index (χ4v) is 4.39. The number of benzene rings is 1. The molecule has 0 radical (unpaired) electrons. The third kappa shape index (κ3) is 3.71. The van der Waals surface area contributed by atoms with E-state index in [4.69, 9.17) is 21.2 Å². The fourth-order valence-electron chi connectivity index (χ4n) is 4.21. The minimum Gasteiger partial charge on any atom is -0.363 e. The van der Waals surface area contributed by atoms with Crippen LogP contribution in [0.1, 0.15) is 41.6 Å². The number of hydroxylamine groups is 2. The summed E-state index contributed by atoms with van der Waals surface area (Å²) in [6.45, 7) is 4.28. The highest BCUT2D eigenvalue weighted by Crippen LogP contribution is 2.35. The molecule has 2 amide bonds. The van der Waals surface area contributed by atoms with Crippen LogP contribution in [0.25, 0.3) is 0 Å². The van der Waals surface area contributed by atoms with Crippen molar-refractivity contribution < 1.29 is 19.2 Å². The van der Waals surface area contributed by atoms with Gasteiger partial charge in [-0.2, -0.15) is 0 Å². The number of piperidine rings is 1. The second-order valence-corrected chi connectivity index (χ2v) is 8.00. The lowest BCUT2D eigenvalue weighted by Gasteiger charge is -2.34. The predicted molar refractivity (Wildman–Crippen MR) is 100 cm³/mol. The second kappa shape index (κ2) is 7.78. The molecule has 0 unspecified atom stereocenters. The van der Waals surface area contributed by atoms with Gasteiger partial charge in [-0.15, -0.1) is 0 Å². The molecule has 0 saturated carbocycles. The molecule has 3 atom stereocenters. The van der Waals surface area contributed by atoms with Crippen LogP contribution >= 0.6 is 11.6 Å². The molecule has 1 aromatic rings. The van der Waals surface area contributed by atoms with Crippen molar-refractivity contribution in [2.45, 2.75) is 44.8 Å². The Hall–Kier alpha value is -1.63. The Kier molecular flexibility index (Phi) is 5.39. The minimum absolute atomic E-state index is 0.0220. The zero-order valence-corrected chi connectivity index (χ0v) is 16.3. The minimum atomic E-state index is -0.457. The van der Waals surface area contributed by atoms with Crippen molar-refractivity contribution >= 4 is 23.4 Å². The van der Waals surface area contributed by atoms with Crippen molar-refractivity contribution in [3.05, 3.63) is 34.3 Å². The van der Waals surface area contributed by atoms with Crippen LogP contribution in [0.4, 0.5) is 0 Å². The van der Waals surface area contributed by atoms with E-state index in [0.29, 0.717) is 49.2 Å². The van der Waals surface area contributed by atoms with E-state index >= 15 is 0 Å². The molecule has 4 rings (SSSR count). The molecule has 27 heavy (non-hydrogen) atoms. The number of fused-ring (bicyclic) bond motifs is 1. The van der Waals surface area contributed by atoms with Gasteiger partial charge in [0.1, 0.15) is 6.10 Å². The standard InChI is InChI=1S/C20H25ClN2O4/c1-13-15(5-4-6-16(13)21)19(24)22-9-7-14-11-17(27-18(14)12-22)20(25)23-8-2-3-10-26-23/h4-6,14,17-18H,2-3,7-12H2,1H3/t14-,17-,18+/m0/s1. The first-order chi connectivity index (χ1) is 13.0. The van der Waals surface area contributed by atoms with E-state index in [1.807, 2.05) is 17.9 Å². The molecule has 0 N–H and O–H groups in total. The Morgan fingerprint density at radius 1 is 1.22 bits per heavy atom.